The van der Waals surface area contributed by atoms with Crippen LogP contribution in [0.4, 0.5) is 5.69 Å². The molecule has 1 heterocycles. The van der Waals surface area contributed by atoms with Crippen LogP contribution in [0.1, 0.15) is 35.1 Å². The molecule has 4 nitrogen and oxygen atoms in total. The summed E-state index contributed by atoms with van der Waals surface area (Å²) in [6.45, 7) is 2.09. The van der Waals surface area contributed by atoms with Crippen LogP contribution in [0.3, 0.4) is 0 Å². The monoisotopic (exact) mass is 323 g/mol. The number of methoxy groups -OCH3 is 1. The van der Waals surface area contributed by atoms with Crippen LogP contribution in [0.25, 0.3) is 0 Å². The number of fused-ring (bicyclic) bond motifs is 3. The number of anilines is 1. The molecule has 0 saturated carbocycles. The third kappa shape index (κ3) is 2.13. The average Bonchev–Trinajstić information content (AvgIpc) is 3.07. The van der Waals surface area contributed by atoms with Crippen molar-refractivity contribution in [1.82, 2.24) is 0 Å². The number of ether oxygens (including phenoxy) is 1. The van der Waals surface area contributed by atoms with Crippen LogP contribution >= 0.6 is 0 Å². The fourth-order valence-corrected chi connectivity index (χ4v) is 4.10. The summed E-state index contributed by atoms with van der Waals surface area (Å²) in [5.41, 5.74) is 4.25. The fourth-order valence-electron chi connectivity index (χ4n) is 4.10. The molecule has 2 aromatic rings. The third-order valence-electron chi connectivity index (χ3n) is 5.28. The molecule has 0 aromatic heterocycles. The van der Waals surface area contributed by atoms with E-state index in [9.17, 15) is 10.2 Å². The molecular weight excluding hydrogens is 302 g/mol. The molecule has 4 heteroatoms. The summed E-state index contributed by atoms with van der Waals surface area (Å²) in [5.74, 6) is 1.56. The van der Waals surface area contributed by atoms with Gasteiger partial charge in [-0.05, 0) is 54.2 Å². The van der Waals surface area contributed by atoms with Crippen LogP contribution in [0.2, 0.25) is 0 Å². The maximum atomic E-state index is 10.4. The first-order valence-electron chi connectivity index (χ1n) is 8.22. The second-order valence-corrected chi connectivity index (χ2v) is 6.60. The lowest BCUT2D eigenvalue weighted by Crippen LogP contribution is -2.29. The highest BCUT2D eigenvalue weighted by Crippen LogP contribution is 2.53. The molecule has 24 heavy (non-hydrogen) atoms. The van der Waals surface area contributed by atoms with Crippen molar-refractivity contribution in [2.24, 2.45) is 5.92 Å². The summed E-state index contributed by atoms with van der Waals surface area (Å²) in [6, 6.07) is 9.24. The van der Waals surface area contributed by atoms with Crippen LogP contribution in [0, 0.1) is 12.8 Å². The minimum absolute atomic E-state index is 0.0553. The number of hydrogen-bond donors (Lipinski definition) is 3. The van der Waals surface area contributed by atoms with Crippen LogP contribution in [-0.4, -0.2) is 17.3 Å². The van der Waals surface area contributed by atoms with Gasteiger partial charge in [-0.2, -0.15) is 0 Å². The zero-order valence-corrected chi connectivity index (χ0v) is 13.8. The molecule has 3 atom stereocenters. The smallest absolute Gasteiger partial charge is 0.160 e. The third-order valence-corrected chi connectivity index (χ3v) is 5.28. The lowest BCUT2D eigenvalue weighted by molar-refractivity contribution is 0.369. The predicted octanol–water partition coefficient (Wildman–Crippen LogP) is 4.24. The highest BCUT2D eigenvalue weighted by molar-refractivity contribution is 5.69. The molecule has 3 N–H and O–H groups in total. The Labute approximate surface area is 141 Å². The van der Waals surface area contributed by atoms with Crippen molar-refractivity contribution in [1.29, 1.82) is 0 Å². The van der Waals surface area contributed by atoms with E-state index < -0.39 is 0 Å². The molecule has 4 rings (SSSR count). The van der Waals surface area contributed by atoms with E-state index in [-0.39, 0.29) is 23.5 Å². The highest BCUT2D eigenvalue weighted by Gasteiger charge is 2.39. The van der Waals surface area contributed by atoms with Crippen LogP contribution < -0.4 is 10.1 Å². The zero-order chi connectivity index (χ0) is 16.8. The number of phenols is 2. The molecule has 3 unspecified atom stereocenters. The van der Waals surface area contributed by atoms with Gasteiger partial charge in [-0.25, -0.2) is 0 Å². The molecule has 124 valence electrons. The first-order chi connectivity index (χ1) is 11.6. The van der Waals surface area contributed by atoms with Gasteiger partial charge in [-0.3, -0.25) is 0 Å². The molecule has 2 aromatic carbocycles. The minimum Gasteiger partial charge on any atom is -0.506 e. The Morgan fingerprint density at radius 2 is 1.92 bits per heavy atom. The standard InChI is InChI=1S/C20H21NO3/c1-11-6-8-16(23)20-18(11)13-4-3-5-14(13)19(21-20)12-7-9-15(22)17(10-12)24-2/h3-4,6-10,13-14,19,21-23H,5H2,1-2H3. The van der Waals surface area contributed by atoms with Gasteiger partial charge in [-0.15, -0.1) is 0 Å². The van der Waals surface area contributed by atoms with Crippen LogP contribution in [-0.2, 0) is 0 Å². The Balaban J connectivity index is 1.83. The fraction of sp³-hybridized carbons (Fsp3) is 0.300. The van der Waals surface area contributed by atoms with Gasteiger partial charge in [-0.1, -0.05) is 24.3 Å². The maximum Gasteiger partial charge on any atom is 0.160 e. The van der Waals surface area contributed by atoms with E-state index in [1.165, 1.54) is 11.1 Å². The highest BCUT2D eigenvalue weighted by atomic mass is 16.5. The molecular formula is C20H21NO3. The van der Waals surface area contributed by atoms with E-state index in [2.05, 4.69) is 24.4 Å². The number of rotatable bonds is 2. The van der Waals surface area contributed by atoms with Crippen LogP contribution in [0.5, 0.6) is 17.2 Å². The molecule has 1 aliphatic heterocycles. The summed E-state index contributed by atoms with van der Waals surface area (Å²) in [6.07, 6.45) is 5.46. The van der Waals surface area contributed by atoms with Gasteiger partial charge in [0.05, 0.1) is 18.8 Å². The van der Waals surface area contributed by atoms with E-state index >= 15 is 0 Å². The van der Waals surface area contributed by atoms with Crippen molar-refractivity contribution in [3.05, 3.63) is 59.2 Å². The number of allylic oxidation sites excluding steroid dienone is 2. The number of benzene rings is 2. The Morgan fingerprint density at radius 3 is 2.71 bits per heavy atom. The number of phenolic OH excluding ortho intramolecular Hbond substituents is 2. The molecule has 0 amide bonds. The largest absolute Gasteiger partial charge is 0.506 e. The van der Waals surface area contributed by atoms with Crippen molar-refractivity contribution in [3.63, 3.8) is 0 Å². The van der Waals surface area contributed by atoms with Crippen LogP contribution in [0.15, 0.2) is 42.5 Å². The molecule has 0 fully saturated rings. The molecule has 0 radical (unpaired) electrons. The van der Waals surface area contributed by atoms with Gasteiger partial charge in [0.1, 0.15) is 5.75 Å². The number of hydrogen-bond acceptors (Lipinski definition) is 4. The van der Waals surface area contributed by atoms with Gasteiger partial charge in [0.15, 0.2) is 11.5 Å². The van der Waals surface area contributed by atoms with E-state index in [1.807, 2.05) is 18.2 Å². The topological polar surface area (TPSA) is 61.7 Å². The maximum absolute atomic E-state index is 10.4. The number of aromatic hydroxyl groups is 2. The average molecular weight is 323 g/mol. The van der Waals surface area contributed by atoms with E-state index in [1.54, 1.807) is 19.2 Å². The molecule has 0 spiro atoms. The lowest BCUT2D eigenvalue weighted by atomic mass is 9.75. The predicted molar refractivity (Wildman–Crippen MR) is 93.9 cm³/mol. The van der Waals surface area contributed by atoms with Crippen molar-refractivity contribution >= 4 is 5.69 Å². The SMILES string of the molecule is COc1cc(C2Nc3c(O)ccc(C)c3C3C=CCC32)ccc1O. The number of aryl methyl sites for hydroxylation is 1. The lowest BCUT2D eigenvalue weighted by Gasteiger charge is -2.38. The van der Waals surface area contributed by atoms with E-state index in [0.717, 1.165) is 17.7 Å². The van der Waals surface area contributed by atoms with E-state index in [0.29, 0.717) is 11.7 Å². The Bertz CT molecular complexity index is 828. The summed E-state index contributed by atoms with van der Waals surface area (Å²) in [5, 5.41) is 23.8. The Morgan fingerprint density at radius 1 is 1.12 bits per heavy atom. The molecule has 0 bridgehead atoms. The summed E-state index contributed by atoms with van der Waals surface area (Å²) in [4.78, 5) is 0. The molecule has 0 saturated heterocycles. The van der Waals surface area contributed by atoms with Gasteiger partial charge >= 0.3 is 0 Å². The Hall–Kier alpha value is -2.62. The summed E-state index contributed by atoms with van der Waals surface area (Å²) < 4.78 is 5.26. The second kappa shape index (κ2) is 5.48. The van der Waals surface area contributed by atoms with Gasteiger partial charge < -0.3 is 20.3 Å². The second-order valence-electron chi connectivity index (χ2n) is 6.60. The summed E-state index contributed by atoms with van der Waals surface area (Å²) >= 11 is 0. The first-order valence-corrected chi connectivity index (χ1v) is 8.22. The van der Waals surface area contributed by atoms with Crippen molar-refractivity contribution in [2.75, 3.05) is 12.4 Å². The normalized spacial score (nSPS) is 24.2. The quantitative estimate of drug-likeness (QED) is 0.571. The van der Waals surface area contributed by atoms with Gasteiger partial charge in [0.25, 0.3) is 0 Å². The zero-order valence-electron chi connectivity index (χ0n) is 13.8. The minimum atomic E-state index is 0.0553. The van der Waals surface area contributed by atoms with Crippen molar-refractivity contribution in [2.45, 2.75) is 25.3 Å². The van der Waals surface area contributed by atoms with E-state index in [4.69, 9.17) is 4.74 Å². The van der Waals surface area contributed by atoms with Crippen molar-refractivity contribution < 1.29 is 14.9 Å². The first kappa shape index (κ1) is 14.9. The van der Waals surface area contributed by atoms with Gasteiger partial charge in [0, 0.05) is 5.92 Å². The Kier molecular flexibility index (Phi) is 3.41. The number of nitrogens with one attached hydrogen (secondary N) is 1. The van der Waals surface area contributed by atoms with Crippen molar-refractivity contribution in [3.8, 4) is 17.2 Å². The molecule has 2 aliphatic rings. The summed E-state index contributed by atoms with van der Waals surface area (Å²) in [7, 11) is 1.55. The van der Waals surface area contributed by atoms with Gasteiger partial charge in [0.2, 0.25) is 0 Å². The molecule has 1 aliphatic carbocycles.